The second-order valence-corrected chi connectivity index (χ2v) is 7.17. The van der Waals surface area contributed by atoms with Crippen molar-refractivity contribution in [2.45, 2.75) is 38.5 Å². The maximum Gasteiger partial charge on any atom is 0.314 e. The first kappa shape index (κ1) is 14.5. The molecule has 0 saturated heterocycles. The number of carbonyl (C=O) groups is 1. The van der Waals surface area contributed by atoms with Crippen molar-refractivity contribution in [2.75, 3.05) is 13.2 Å². The minimum Gasteiger partial charge on any atom is -0.489 e. The third-order valence-electron chi connectivity index (χ3n) is 4.40. The molecular formula is C16H19ClO4. The molecule has 1 heterocycles. The third kappa shape index (κ3) is 2.35. The van der Waals surface area contributed by atoms with E-state index in [0.29, 0.717) is 48.1 Å². The first-order chi connectivity index (χ1) is 9.84. The van der Waals surface area contributed by atoms with Crippen LogP contribution in [-0.4, -0.2) is 24.3 Å². The van der Waals surface area contributed by atoms with E-state index in [1.54, 1.807) is 12.1 Å². The second-order valence-electron chi connectivity index (χ2n) is 6.77. The summed E-state index contributed by atoms with van der Waals surface area (Å²) in [5.74, 6) is 0.279. The SMILES string of the molecule is CC1(C)COc2cc(C3(C(=O)O)CCC3)cc(Cl)c2OC1. The van der Waals surface area contributed by atoms with E-state index in [-0.39, 0.29) is 5.41 Å². The predicted octanol–water partition coefficient (Wildman–Crippen LogP) is 3.64. The van der Waals surface area contributed by atoms with Gasteiger partial charge in [0.25, 0.3) is 0 Å². The molecule has 4 nitrogen and oxygen atoms in total. The summed E-state index contributed by atoms with van der Waals surface area (Å²) in [7, 11) is 0. The van der Waals surface area contributed by atoms with Crippen molar-refractivity contribution < 1.29 is 19.4 Å². The molecule has 2 aliphatic rings. The number of aliphatic carboxylic acids is 1. The Bertz CT molecular complexity index is 590. The number of fused-ring (bicyclic) bond motifs is 1. The van der Waals surface area contributed by atoms with Gasteiger partial charge in [-0.15, -0.1) is 0 Å². The molecule has 1 aliphatic carbocycles. The van der Waals surface area contributed by atoms with E-state index >= 15 is 0 Å². The van der Waals surface area contributed by atoms with Crippen LogP contribution in [0.1, 0.15) is 38.7 Å². The zero-order valence-electron chi connectivity index (χ0n) is 12.2. The van der Waals surface area contributed by atoms with E-state index in [2.05, 4.69) is 13.8 Å². The van der Waals surface area contributed by atoms with E-state index < -0.39 is 11.4 Å². The predicted molar refractivity (Wildman–Crippen MR) is 79.4 cm³/mol. The maximum atomic E-state index is 11.6. The number of carboxylic acids is 1. The molecule has 1 aromatic carbocycles. The average molecular weight is 311 g/mol. The van der Waals surface area contributed by atoms with Crippen molar-refractivity contribution in [2.24, 2.45) is 5.41 Å². The summed E-state index contributed by atoms with van der Waals surface area (Å²) in [5, 5.41) is 9.98. The molecule has 1 saturated carbocycles. The van der Waals surface area contributed by atoms with Crippen LogP contribution in [0.2, 0.25) is 5.02 Å². The zero-order chi connectivity index (χ0) is 15.3. The molecule has 0 spiro atoms. The molecule has 0 unspecified atom stereocenters. The van der Waals surface area contributed by atoms with Crippen molar-refractivity contribution in [3.05, 3.63) is 22.7 Å². The molecule has 1 N–H and O–H groups in total. The van der Waals surface area contributed by atoms with Gasteiger partial charge in [-0.1, -0.05) is 31.9 Å². The molecule has 0 radical (unpaired) electrons. The quantitative estimate of drug-likeness (QED) is 0.906. The summed E-state index contributed by atoms with van der Waals surface area (Å²) in [6.07, 6.45) is 2.21. The van der Waals surface area contributed by atoms with E-state index in [1.807, 2.05) is 0 Å². The standard InChI is InChI=1S/C16H19ClO4/c1-15(2)8-20-12-7-10(6-11(17)13(12)21-9-15)16(14(18)19)4-3-5-16/h6-7H,3-5,8-9H2,1-2H3,(H,18,19). The van der Waals surface area contributed by atoms with Crippen LogP contribution in [0.3, 0.4) is 0 Å². The van der Waals surface area contributed by atoms with Gasteiger partial charge in [0.15, 0.2) is 11.5 Å². The first-order valence-electron chi connectivity index (χ1n) is 7.17. The summed E-state index contributed by atoms with van der Waals surface area (Å²) in [5.41, 5.74) is -0.207. The summed E-state index contributed by atoms with van der Waals surface area (Å²) < 4.78 is 11.6. The summed E-state index contributed by atoms with van der Waals surface area (Å²) in [4.78, 5) is 11.6. The van der Waals surface area contributed by atoms with Crippen molar-refractivity contribution >= 4 is 17.6 Å². The summed E-state index contributed by atoms with van der Waals surface area (Å²) >= 11 is 6.31. The van der Waals surface area contributed by atoms with Gasteiger partial charge in [0.2, 0.25) is 0 Å². The number of benzene rings is 1. The fourth-order valence-corrected chi connectivity index (χ4v) is 3.10. The molecular weight excluding hydrogens is 292 g/mol. The Balaban J connectivity index is 2.02. The largest absolute Gasteiger partial charge is 0.489 e. The monoisotopic (exact) mass is 310 g/mol. The highest BCUT2D eigenvalue weighted by atomic mass is 35.5. The van der Waals surface area contributed by atoms with Crippen molar-refractivity contribution in [1.29, 1.82) is 0 Å². The van der Waals surface area contributed by atoms with Crippen LogP contribution in [0.5, 0.6) is 11.5 Å². The number of ether oxygens (including phenoxy) is 2. The maximum absolute atomic E-state index is 11.6. The van der Waals surface area contributed by atoms with Crippen LogP contribution in [0, 0.1) is 5.41 Å². The van der Waals surface area contributed by atoms with Crippen molar-refractivity contribution in [3.8, 4) is 11.5 Å². The van der Waals surface area contributed by atoms with Gasteiger partial charge in [0.1, 0.15) is 0 Å². The highest BCUT2D eigenvalue weighted by Gasteiger charge is 2.46. The zero-order valence-corrected chi connectivity index (χ0v) is 13.0. The van der Waals surface area contributed by atoms with Crippen molar-refractivity contribution in [1.82, 2.24) is 0 Å². The van der Waals surface area contributed by atoms with E-state index in [9.17, 15) is 9.90 Å². The Hall–Kier alpha value is -1.42. The lowest BCUT2D eigenvalue weighted by Crippen LogP contribution is -2.42. The normalized spacial score (nSPS) is 22.0. The lowest BCUT2D eigenvalue weighted by molar-refractivity contribution is -0.147. The molecule has 3 rings (SSSR count). The average Bonchev–Trinajstić information content (AvgIpc) is 2.47. The fraction of sp³-hybridized carbons (Fsp3) is 0.562. The number of hydrogen-bond donors (Lipinski definition) is 1. The minimum absolute atomic E-state index is 0.108. The lowest BCUT2D eigenvalue weighted by atomic mass is 9.64. The van der Waals surface area contributed by atoms with Gasteiger partial charge in [0.05, 0.1) is 23.7 Å². The van der Waals surface area contributed by atoms with Gasteiger partial charge >= 0.3 is 5.97 Å². The third-order valence-corrected chi connectivity index (χ3v) is 4.69. The van der Waals surface area contributed by atoms with Crippen molar-refractivity contribution in [3.63, 3.8) is 0 Å². The molecule has 0 amide bonds. The fourth-order valence-electron chi connectivity index (χ4n) is 2.83. The van der Waals surface area contributed by atoms with Gasteiger partial charge in [-0.25, -0.2) is 0 Å². The topological polar surface area (TPSA) is 55.8 Å². The van der Waals surface area contributed by atoms with Crippen LogP contribution in [-0.2, 0) is 10.2 Å². The van der Waals surface area contributed by atoms with Gasteiger partial charge < -0.3 is 14.6 Å². The molecule has 1 aliphatic heterocycles. The Labute approximate surface area is 129 Å². The van der Waals surface area contributed by atoms with Crippen LogP contribution >= 0.6 is 11.6 Å². The number of carboxylic acid groups (broad SMARTS) is 1. The smallest absolute Gasteiger partial charge is 0.314 e. The van der Waals surface area contributed by atoms with Gasteiger partial charge in [-0.2, -0.15) is 0 Å². The number of halogens is 1. The second kappa shape index (κ2) is 4.80. The van der Waals surface area contributed by atoms with Crippen LogP contribution in [0.25, 0.3) is 0 Å². The molecule has 114 valence electrons. The highest BCUT2D eigenvalue weighted by Crippen LogP contribution is 2.49. The van der Waals surface area contributed by atoms with Crippen LogP contribution < -0.4 is 9.47 Å². The van der Waals surface area contributed by atoms with Gasteiger partial charge in [0, 0.05) is 5.41 Å². The van der Waals surface area contributed by atoms with E-state index in [0.717, 1.165) is 6.42 Å². The highest BCUT2D eigenvalue weighted by molar-refractivity contribution is 6.32. The van der Waals surface area contributed by atoms with Crippen LogP contribution in [0.4, 0.5) is 0 Å². The molecule has 1 fully saturated rings. The molecule has 21 heavy (non-hydrogen) atoms. The van der Waals surface area contributed by atoms with Crippen LogP contribution in [0.15, 0.2) is 12.1 Å². The number of hydrogen-bond acceptors (Lipinski definition) is 3. The Kier molecular flexibility index (Phi) is 3.32. The minimum atomic E-state index is -0.816. The molecule has 5 heteroatoms. The Morgan fingerprint density at radius 1 is 1.24 bits per heavy atom. The Morgan fingerprint density at radius 3 is 2.48 bits per heavy atom. The molecule has 0 bridgehead atoms. The lowest BCUT2D eigenvalue weighted by Gasteiger charge is -2.38. The molecule has 1 aromatic rings. The van der Waals surface area contributed by atoms with E-state index in [4.69, 9.17) is 21.1 Å². The summed E-state index contributed by atoms with van der Waals surface area (Å²) in [6, 6.07) is 3.51. The first-order valence-corrected chi connectivity index (χ1v) is 7.55. The molecule has 0 atom stereocenters. The summed E-state index contributed by atoms with van der Waals surface area (Å²) in [6.45, 7) is 5.14. The Morgan fingerprint density at radius 2 is 1.90 bits per heavy atom. The number of rotatable bonds is 2. The van der Waals surface area contributed by atoms with Gasteiger partial charge in [-0.3, -0.25) is 4.79 Å². The van der Waals surface area contributed by atoms with Gasteiger partial charge in [-0.05, 0) is 30.5 Å². The van der Waals surface area contributed by atoms with E-state index in [1.165, 1.54) is 0 Å². The molecule has 0 aromatic heterocycles.